The summed E-state index contributed by atoms with van der Waals surface area (Å²) in [5.74, 6) is -0.236. The third kappa shape index (κ3) is 2.33. The van der Waals surface area contributed by atoms with Crippen molar-refractivity contribution in [1.82, 2.24) is 0 Å². The van der Waals surface area contributed by atoms with E-state index in [2.05, 4.69) is 11.4 Å². The van der Waals surface area contributed by atoms with Crippen LogP contribution in [0.2, 0.25) is 0 Å². The quantitative estimate of drug-likeness (QED) is 0.838. The first-order chi connectivity index (χ1) is 8.13. The number of anilines is 1. The molecule has 0 saturated carbocycles. The van der Waals surface area contributed by atoms with Crippen molar-refractivity contribution in [1.29, 1.82) is 5.26 Å². The lowest BCUT2D eigenvalue weighted by Gasteiger charge is -2.09. The summed E-state index contributed by atoms with van der Waals surface area (Å²) in [6.07, 6.45) is 4.25. The molecule has 90 valence electrons. The summed E-state index contributed by atoms with van der Waals surface area (Å²) >= 11 is 1.52. The van der Waals surface area contributed by atoms with Gasteiger partial charge in [-0.05, 0) is 38.2 Å². The smallest absolute Gasteiger partial charge is 0.241 e. The molecule has 4 nitrogen and oxygen atoms in total. The molecule has 0 spiro atoms. The van der Waals surface area contributed by atoms with Gasteiger partial charge in [0.15, 0.2) is 0 Å². The molecule has 1 amide bonds. The molecule has 1 atom stereocenters. The van der Waals surface area contributed by atoms with E-state index < -0.39 is 6.04 Å². The van der Waals surface area contributed by atoms with E-state index in [9.17, 15) is 10.1 Å². The molecule has 3 N–H and O–H groups in total. The van der Waals surface area contributed by atoms with E-state index in [4.69, 9.17) is 5.73 Å². The molecule has 0 radical (unpaired) electrons. The molecule has 1 aromatic rings. The van der Waals surface area contributed by atoms with Gasteiger partial charge >= 0.3 is 0 Å². The highest BCUT2D eigenvalue weighted by molar-refractivity contribution is 7.16. The zero-order chi connectivity index (χ0) is 12.4. The van der Waals surface area contributed by atoms with Gasteiger partial charge in [0.2, 0.25) is 5.91 Å². The van der Waals surface area contributed by atoms with Gasteiger partial charge in [0.1, 0.15) is 11.1 Å². The molecule has 1 aliphatic rings. The van der Waals surface area contributed by atoms with Crippen LogP contribution in [0.3, 0.4) is 0 Å². The number of hydrogen-bond donors (Lipinski definition) is 2. The summed E-state index contributed by atoms with van der Waals surface area (Å²) in [5, 5.41) is 12.6. The zero-order valence-corrected chi connectivity index (χ0v) is 10.6. The molecule has 1 aliphatic carbocycles. The molecule has 1 unspecified atom stereocenters. The topological polar surface area (TPSA) is 78.9 Å². The van der Waals surface area contributed by atoms with Gasteiger partial charge in [0, 0.05) is 4.88 Å². The van der Waals surface area contributed by atoms with Gasteiger partial charge < -0.3 is 11.1 Å². The number of rotatable bonds is 2. The van der Waals surface area contributed by atoms with Crippen LogP contribution in [0.1, 0.15) is 35.8 Å². The molecular formula is C12H15N3OS. The Morgan fingerprint density at radius 3 is 2.88 bits per heavy atom. The monoisotopic (exact) mass is 249 g/mol. The molecular weight excluding hydrogens is 234 g/mol. The summed E-state index contributed by atoms with van der Waals surface area (Å²) in [6, 6.07) is 1.65. The zero-order valence-electron chi connectivity index (χ0n) is 9.75. The summed E-state index contributed by atoms with van der Waals surface area (Å²) in [5.41, 5.74) is 7.27. The number of aryl methyl sites for hydroxylation is 1. The van der Waals surface area contributed by atoms with Crippen LogP contribution >= 0.6 is 11.3 Å². The van der Waals surface area contributed by atoms with E-state index in [1.807, 2.05) is 0 Å². The number of amides is 1. The van der Waals surface area contributed by atoms with E-state index in [1.54, 1.807) is 6.92 Å². The van der Waals surface area contributed by atoms with Crippen LogP contribution in [-0.4, -0.2) is 11.9 Å². The fraction of sp³-hybridized carbons (Fsp3) is 0.500. The van der Waals surface area contributed by atoms with Crippen LogP contribution in [0, 0.1) is 11.3 Å². The van der Waals surface area contributed by atoms with Crippen molar-refractivity contribution in [3.8, 4) is 6.07 Å². The lowest BCUT2D eigenvalue weighted by atomic mass is 9.96. The summed E-state index contributed by atoms with van der Waals surface area (Å²) < 4.78 is 0. The average molecular weight is 249 g/mol. The lowest BCUT2D eigenvalue weighted by Crippen LogP contribution is -2.32. The van der Waals surface area contributed by atoms with E-state index in [1.165, 1.54) is 22.6 Å². The van der Waals surface area contributed by atoms with Crippen molar-refractivity contribution in [3.05, 3.63) is 16.0 Å². The van der Waals surface area contributed by atoms with Gasteiger partial charge in [0.25, 0.3) is 0 Å². The first-order valence-corrected chi connectivity index (χ1v) is 6.56. The maximum atomic E-state index is 11.6. The Morgan fingerprint density at radius 2 is 2.24 bits per heavy atom. The molecule has 0 saturated heterocycles. The summed E-state index contributed by atoms with van der Waals surface area (Å²) in [4.78, 5) is 12.8. The second kappa shape index (κ2) is 4.86. The summed E-state index contributed by atoms with van der Waals surface area (Å²) in [7, 11) is 0. The largest absolute Gasteiger partial charge is 0.320 e. The van der Waals surface area contributed by atoms with Gasteiger partial charge in [-0.3, -0.25) is 4.79 Å². The first-order valence-electron chi connectivity index (χ1n) is 5.74. The number of fused-ring (bicyclic) bond motifs is 1. The fourth-order valence-electron chi connectivity index (χ4n) is 2.00. The number of carbonyl (C=O) groups is 1. The number of nitrogens with zero attached hydrogens (tertiary/aromatic N) is 1. The number of nitrogens with one attached hydrogen (secondary N) is 1. The Hall–Kier alpha value is -1.38. The van der Waals surface area contributed by atoms with Crippen LogP contribution in [0.25, 0.3) is 0 Å². The van der Waals surface area contributed by atoms with Crippen LogP contribution in [0.15, 0.2) is 0 Å². The van der Waals surface area contributed by atoms with Gasteiger partial charge in [0.05, 0.1) is 11.6 Å². The van der Waals surface area contributed by atoms with Gasteiger partial charge in [-0.2, -0.15) is 5.26 Å². The van der Waals surface area contributed by atoms with E-state index in [0.717, 1.165) is 24.8 Å². The number of thiophene rings is 1. The molecule has 1 heterocycles. The van der Waals surface area contributed by atoms with E-state index in [-0.39, 0.29) is 5.91 Å². The molecule has 5 heteroatoms. The van der Waals surface area contributed by atoms with Gasteiger partial charge in [-0.25, -0.2) is 0 Å². The van der Waals surface area contributed by atoms with Crippen LogP contribution < -0.4 is 11.1 Å². The third-order valence-corrected chi connectivity index (χ3v) is 4.14. The Labute approximate surface area is 104 Å². The predicted octanol–water partition coefficient (Wildman–Crippen LogP) is 1.78. The van der Waals surface area contributed by atoms with Crippen LogP contribution in [0.4, 0.5) is 5.00 Å². The molecule has 1 aromatic heterocycles. The summed E-state index contributed by atoms with van der Waals surface area (Å²) in [6.45, 7) is 1.63. The van der Waals surface area contributed by atoms with Crippen LogP contribution in [0.5, 0.6) is 0 Å². The minimum absolute atomic E-state index is 0.236. The third-order valence-electron chi connectivity index (χ3n) is 2.93. The Balaban J connectivity index is 2.32. The maximum Gasteiger partial charge on any atom is 0.241 e. The molecule has 0 aliphatic heterocycles. The number of carbonyl (C=O) groups excluding carboxylic acids is 1. The van der Waals surface area contributed by atoms with Crippen molar-refractivity contribution in [3.63, 3.8) is 0 Å². The fourth-order valence-corrected chi connectivity index (χ4v) is 3.24. The van der Waals surface area contributed by atoms with Crippen molar-refractivity contribution in [2.45, 2.75) is 38.6 Å². The minimum atomic E-state index is -0.555. The van der Waals surface area contributed by atoms with Crippen LogP contribution in [-0.2, 0) is 17.6 Å². The molecule has 17 heavy (non-hydrogen) atoms. The first kappa shape index (κ1) is 12.1. The van der Waals surface area contributed by atoms with E-state index >= 15 is 0 Å². The minimum Gasteiger partial charge on any atom is -0.320 e. The van der Waals surface area contributed by atoms with Crippen molar-refractivity contribution >= 4 is 22.2 Å². The highest BCUT2D eigenvalue weighted by Crippen LogP contribution is 2.37. The highest BCUT2D eigenvalue weighted by Gasteiger charge is 2.22. The SMILES string of the molecule is CC(N)C(=O)Nc1sc2c(c1C#N)CCCC2. The average Bonchev–Trinajstić information content (AvgIpc) is 2.65. The Kier molecular flexibility index (Phi) is 3.46. The van der Waals surface area contributed by atoms with Crippen molar-refractivity contribution in [2.75, 3.05) is 5.32 Å². The number of nitriles is 1. The number of hydrogen-bond acceptors (Lipinski definition) is 4. The molecule has 2 rings (SSSR count). The molecule has 0 fully saturated rings. The Bertz CT molecular complexity index is 485. The second-order valence-electron chi connectivity index (χ2n) is 4.30. The normalized spacial score (nSPS) is 15.8. The lowest BCUT2D eigenvalue weighted by molar-refractivity contribution is -0.117. The number of nitrogens with two attached hydrogens (primary N) is 1. The highest BCUT2D eigenvalue weighted by atomic mass is 32.1. The molecule has 0 aromatic carbocycles. The Morgan fingerprint density at radius 1 is 1.53 bits per heavy atom. The van der Waals surface area contributed by atoms with Crippen molar-refractivity contribution in [2.24, 2.45) is 5.73 Å². The standard InChI is InChI=1S/C12H15N3OS/c1-7(14)11(16)15-12-9(6-13)8-4-2-3-5-10(8)17-12/h7H,2-5,14H2,1H3,(H,15,16). The van der Waals surface area contributed by atoms with Gasteiger partial charge in [-0.1, -0.05) is 0 Å². The maximum absolute atomic E-state index is 11.6. The second-order valence-corrected chi connectivity index (χ2v) is 5.41. The molecule has 0 bridgehead atoms. The predicted molar refractivity (Wildman–Crippen MR) is 68.0 cm³/mol. The van der Waals surface area contributed by atoms with Crippen molar-refractivity contribution < 1.29 is 4.79 Å². The van der Waals surface area contributed by atoms with Gasteiger partial charge in [-0.15, -0.1) is 11.3 Å². The van der Waals surface area contributed by atoms with E-state index in [0.29, 0.717) is 10.6 Å².